The van der Waals surface area contributed by atoms with E-state index in [4.69, 9.17) is 0 Å². The Morgan fingerprint density at radius 2 is 2.14 bits per heavy atom. The summed E-state index contributed by atoms with van der Waals surface area (Å²) in [6.45, 7) is 5.59. The number of nitrogens with zero attached hydrogens (tertiary/aromatic N) is 2. The fraction of sp³-hybridized carbons (Fsp3) is 0.353. The standard InChI is InChI=1S/C17H18N2O3/c1-12(16(21)22-3)10-17(11-18)15-7-5-4-6-14(15)8-9-19(17)13(2)20/h4-7H,1,8-10H2,2-3H3. The molecule has 0 aliphatic carbocycles. The van der Waals surface area contributed by atoms with Gasteiger partial charge in [-0.1, -0.05) is 30.8 Å². The maximum atomic E-state index is 12.0. The zero-order valence-electron chi connectivity index (χ0n) is 12.8. The lowest BCUT2D eigenvalue weighted by molar-refractivity contribution is -0.138. The summed E-state index contributed by atoms with van der Waals surface area (Å²) in [6, 6.07) is 9.76. The van der Waals surface area contributed by atoms with Gasteiger partial charge in [-0.15, -0.1) is 0 Å². The molecule has 0 radical (unpaired) electrons. The van der Waals surface area contributed by atoms with Crippen molar-refractivity contribution in [2.45, 2.75) is 25.3 Å². The number of benzene rings is 1. The van der Waals surface area contributed by atoms with Crippen molar-refractivity contribution in [3.63, 3.8) is 0 Å². The molecule has 1 aromatic carbocycles. The largest absolute Gasteiger partial charge is 0.466 e. The van der Waals surface area contributed by atoms with Crippen LogP contribution in [0.5, 0.6) is 0 Å². The van der Waals surface area contributed by atoms with E-state index in [0.29, 0.717) is 13.0 Å². The fourth-order valence-corrected chi connectivity index (χ4v) is 3.01. The van der Waals surface area contributed by atoms with Crippen molar-refractivity contribution in [2.75, 3.05) is 13.7 Å². The van der Waals surface area contributed by atoms with Gasteiger partial charge in [0.1, 0.15) is 0 Å². The van der Waals surface area contributed by atoms with Crippen LogP contribution in [-0.2, 0) is 26.3 Å². The highest BCUT2D eigenvalue weighted by molar-refractivity contribution is 5.88. The average Bonchev–Trinajstić information content (AvgIpc) is 2.53. The molecule has 1 aliphatic rings. The van der Waals surface area contributed by atoms with Gasteiger partial charge in [-0.25, -0.2) is 4.79 Å². The van der Waals surface area contributed by atoms with Gasteiger partial charge in [0.15, 0.2) is 5.54 Å². The summed E-state index contributed by atoms with van der Waals surface area (Å²) in [5.41, 5.74) is 0.724. The van der Waals surface area contributed by atoms with Crippen LogP contribution in [0.4, 0.5) is 0 Å². The molecule has 5 heteroatoms. The van der Waals surface area contributed by atoms with E-state index >= 15 is 0 Å². The smallest absolute Gasteiger partial charge is 0.333 e. The lowest BCUT2D eigenvalue weighted by atomic mass is 9.77. The maximum absolute atomic E-state index is 12.0. The normalized spacial score (nSPS) is 19.8. The molecule has 5 nitrogen and oxygen atoms in total. The molecule has 0 bridgehead atoms. The van der Waals surface area contributed by atoms with Gasteiger partial charge in [-0.05, 0) is 17.5 Å². The quantitative estimate of drug-likeness (QED) is 0.631. The van der Waals surface area contributed by atoms with Crippen molar-refractivity contribution in [1.29, 1.82) is 5.26 Å². The highest BCUT2D eigenvalue weighted by Crippen LogP contribution is 2.40. The van der Waals surface area contributed by atoms with Crippen molar-refractivity contribution >= 4 is 11.9 Å². The Balaban J connectivity index is 2.56. The first-order valence-corrected chi connectivity index (χ1v) is 7.00. The molecular weight excluding hydrogens is 280 g/mol. The first kappa shape index (κ1) is 15.8. The molecule has 1 amide bonds. The highest BCUT2D eigenvalue weighted by atomic mass is 16.5. The van der Waals surface area contributed by atoms with Crippen molar-refractivity contribution < 1.29 is 14.3 Å². The third kappa shape index (κ3) is 2.48. The Bertz CT molecular complexity index is 675. The number of ether oxygens (including phenoxy) is 1. The Labute approximate surface area is 129 Å². The second kappa shape index (κ2) is 6.02. The van der Waals surface area contributed by atoms with E-state index in [-0.39, 0.29) is 17.9 Å². The van der Waals surface area contributed by atoms with Crippen LogP contribution in [0, 0.1) is 11.3 Å². The number of hydrogen-bond donors (Lipinski definition) is 0. The van der Waals surface area contributed by atoms with E-state index in [1.165, 1.54) is 18.9 Å². The number of rotatable bonds is 3. The Morgan fingerprint density at radius 1 is 1.45 bits per heavy atom. The van der Waals surface area contributed by atoms with E-state index < -0.39 is 11.5 Å². The minimum absolute atomic E-state index is 0.0345. The number of nitriles is 1. The zero-order valence-corrected chi connectivity index (χ0v) is 12.8. The van der Waals surface area contributed by atoms with Crippen LogP contribution < -0.4 is 0 Å². The molecule has 0 fully saturated rings. The van der Waals surface area contributed by atoms with E-state index in [0.717, 1.165) is 11.1 Å². The highest BCUT2D eigenvalue weighted by Gasteiger charge is 2.45. The van der Waals surface area contributed by atoms with Crippen LogP contribution in [0.3, 0.4) is 0 Å². The summed E-state index contributed by atoms with van der Waals surface area (Å²) in [4.78, 5) is 25.2. The number of fused-ring (bicyclic) bond motifs is 1. The second-order valence-electron chi connectivity index (χ2n) is 5.32. The van der Waals surface area contributed by atoms with Crippen LogP contribution in [0.15, 0.2) is 36.4 Å². The summed E-state index contributed by atoms with van der Waals surface area (Å²) in [6.07, 6.45) is 0.719. The minimum Gasteiger partial charge on any atom is -0.466 e. The lowest BCUT2D eigenvalue weighted by Crippen LogP contribution is -2.52. The molecule has 1 unspecified atom stereocenters. The molecule has 114 valence electrons. The number of carbonyl (C=O) groups excluding carboxylic acids is 2. The molecule has 0 N–H and O–H groups in total. The Morgan fingerprint density at radius 3 is 2.73 bits per heavy atom. The van der Waals surface area contributed by atoms with Crippen LogP contribution in [0.2, 0.25) is 0 Å². The lowest BCUT2D eigenvalue weighted by Gasteiger charge is -2.43. The number of esters is 1. The van der Waals surface area contributed by atoms with Gasteiger partial charge >= 0.3 is 5.97 Å². The summed E-state index contributed by atoms with van der Waals surface area (Å²) in [5, 5.41) is 9.87. The van der Waals surface area contributed by atoms with Gasteiger partial charge < -0.3 is 9.64 Å². The summed E-state index contributed by atoms with van der Waals surface area (Å²) < 4.78 is 4.68. The van der Waals surface area contributed by atoms with Crippen LogP contribution >= 0.6 is 0 Å². The molecular formula is C17H18N2O3. The second-order valence-corrected chi connectivity index (χ2v) is 5.32. The third-order valence-electron chi connectivity index (χ3n) is 4.04. The van der Waals surface area contributed by atoms with E-state index in [2.05, 4.69) is 17.4 Å². The molecule has 1 aromatic rings. The molecule has 0 saturated carbocycles. The van der Waals surface area contributed by atoms with Gasteiger partial charge in [-0.2, -0.15) is 5.26 Å². The van der Waals surface area contributed by atoms with Crippen molar-refractivity contribution in [3.8, 4) is 6.07 Å². The van der Waals surface area contributed by atoms with Crippen LogP contribution in [0.25, 0.3) is 0 Å². The molecule has 0 saturated heterocycles. The molecule has 0 aromatic heterocycles. The topological polar surface area (TPSA) is 70.4 Å². The van der Waals surface area contributed by atoms with Gasteiger partial charge in [0.25, 0.3) is 0 Å². The zero-order chi connectivity index (χ0) is 16.3. The third-order valence-corrected chi connectivity index (χ3v) is 4.04. The van der Waals surface area contributed by atoms with Gasteiger partial charge in [-0.3, -0.25) is 4.79 Å². The van der Waals surface area contributed by atoms with Crippen molar-refractivity contribution in [1.82, 2.24) is 4.90 Å². The van der Waals surface area contributed by atoms with Gasteiger partial charge in [0.2, 0.25) is 5.91 Å². The van der Waals surface area contributed by atoms with E-state index in [1.807, 2.05) is 24.3 Å². The van der Waals surface area contributed by atoms with E-state index in [9.17, 15) is 14.9 Å². The fourth-order valence-electron chi connectivity index (χ4n) is 3.01. The van der Waals surface area contributed by atoms with Crippen LogP contribution in [0.1, 0.15) is 24.5 Å². The molecule has 1 aliphatic heterocycles. The van der Waals surface area contributed by atoms with Gasteiger partial charge in [0, 0.05) is 25.5 Å². The first-order chi connectivity index (χ1) is 10.5. The van der Waals surface area contributed by atoms with Crippen LogP contribution in [-0.4, -0.2) is 30.4 Å². The molecule has 1 heterocycles. The molecule has 22 heavy (non-hydrogen) atoms. The summed E-state index contributed by atoms with van der Waals surface area (Å²) in [7, 11) is 1.27. The number of carbonyl (C=O) groups is 2. The average molecular weight is 298 g/mol. The van der Waals surface area contributed by atoms with Gasteiger partial charge in [0.05, 0.1) is 13.2 Å². The molecule has 0 spiro atoms. The monoisotopic (exact) mass is 298 g/mol. The van der Waals surface area contributed by atoms with E-state index in [1.54, 1.807) is 0 Å². The number of amides is 1. The predicted molar refractivity (Wildman–Crippen MR) is 80.6 cm³/mol. The summed E-state index contributed by atoms with van der Waals surface area (Å²) >= 11 is 0. The minimum atomic E-state index is -1.22. The SMILES string of the molecule is C=C(CC1(C#N)c2ccccc2CCN1C(C)=O)C(=O)OC. The van der Waals surface area contributed by atoms with Crippen molar-refractivity contribution in [2.24, 2.45) is 0 Å². The van der Waals surface area contributed by atoms with Crippen molar-refractivity contribution in [3.05, 3.63) is 47.5 Å². The molecule has 1 atom stereocenters. The maximum Gasteiger partial charge on any atom is 0.333 e. The Hall–Kier alpha value is -2.61. The first-order valence-electron chi connectivity index (χ1n) is 7.00. The summed E-state index contributed by atoms with van der Waals surface area (Å²) in [5.74, 6) is -0.769. The Kier molecular flexibility index (Phi) is 4.32. The number of methoxy groups -OCH3 is 1. The molecule has 2 rings (SSSR count). The number of hydrogen-bond acceptors (Lipinski definition) is 4. The predicted octanol–water partition coefficient (Wildman–Crippen LogP) is 1.93.